The third-order valence-electron chi connectivity index (χ3n) is 5.17. The third-order valence-corrected chi connectivity index (χ3v) is 5.17. The standard InChI is InChI=1S/C15H18N.C9H12.C7H18N.2ClH/c1-13(2)15-8-10-16(11-9-15)12-14-6-4-3-5-7-14;1-8(2)9-6-4-3-5-7-9;1-7(2)6-8(3,4)5;;/h3-11,13H,12H2,1-2H3;3-8H,1-2H3;7H,6H2,1-5H3;2*1H/q+1;;+1;;/p-2. The maximum absolute atomic E-state index is 2.25. The molecule has 0 radical (unpaired) electrons. The molecule has 2 nitrogen and oxygen atoms in total. The largest absolute Gasteiger partial charge is 1.00 e. The van der Waals surface area contributed by atoms with Gasteiger partial charge in [-0.05, 0) is 23.0 Å². The fourth-order valence-electron chi connectivity index (χ4n) is 3.69. The Morgan fingerprint density at radius 2 is 1.00 bits per heavy atom. The van der Waals surface area contributed by atoms with E-state index < -0.39 is 0 Å². The number of quaternary nitrogens is 1. The summed E-state index contributed by atoms with van der Waals surface area (Å²) < 4.78 is 3.29. The average Bonchev–Trinajstić information content (AvgIpc) is 2.75. The summed E-state index contributed by atoms with van der Waals surface area (Å²) in [6, 6.07) is 25.5. The van der Waals surface area contributed by atoms with Crippen molar-refractivity contribution in [3.05, 3.63) is 102 Å². The van der Waals surface area contributed by atoms with E-state index in [-0.39, 0.29) is 24.8 Å². The second kappa shape index (κ2) is 18.4. The normalized spacial score (nSPS) is 10.4. The molecule has 1 heterocycles. The van der Waals surface area contributed by atoms with Crippen LogP contribution in [0.2, 0.25) is 0 Å². The maximum atomic E-state index is 2.25. The van der Waals surface area contributed by atoms with Crippen molar-refractivity contribution in [3.8, 4) is 0 Å². The molecule has 196 valence electrons. The zero-order valence-corrected chi connectivity index (χ0v) is 24.9. The molecule has 0 aliphatic carbocycles. The number of hydrogen-bond acceptors (Lipinski definition) is 0. The highest BCUT2D eigenvalue weighted by Gasteiger charge is 2.08. The van der Waals surface area contributed by atoms with Crippen LogP contribution in [-0.4, -0.2) is 32.2 Å². The molecule has 1 aromatic heterocycles. The lowest BCUT2D eigenvalue weighted by Gasteiger charge is -2.25. The Morgan fingerprint density at radius 1 is 0.600 bits per heavy atom. The molecular formula is C31H48Cl2N2. The van der Waals surface area contributed by atoms with Gasteiger partial charge >= 0.3 is 0 Å². The minimum absolute atomic E-state index is 0. The molecule has 0 saturated heterocycles. The number of halogens is 2. The van der Waals surface area contributed by atoms with Gasteiger partial charge in [0.25, 0.3) is 0 Å². The van der Waals surface area contributed by atoms with Crippen molar-refractivity contribution in [2.24, 2.45) is 5.92 Å². The zero-order chi connectivity index (χ0) is 24.9. The summed E-state index contributed by atoms with van der Waals surface area (Å²) in [6.45, 7) is 15.6. The van der Waals surface area contributed by atoms with Crippen LogP contribution >= 0.6 is 0 Å². The van der Waals surface area contributed by atoms with Gasteiger partial charge < -0.3 is 29.3 Å². The van der Waals surface area contributed by atoms with Gasteiger partial charge in [0.15, 0.2) is 18.9 Å². The van der Waals surface area contributed by atoms with Gasteiger partial charge in [-0.1, -0.05) is 102 Å². The van der Waals surface area contributed by atoms with Crippen LogP contribution in [0.3, 0.4) is 0 Å². The van der Waals surface area contributed by atoms with Crippen molar-refractivity contribution in [2.45, 2.75) is 59.9 Å². The zero-order valence-electron chi connectivity index (χ0n) is 23.4. The highest BCUT2D eigenvalue weighted by molar-refractivity contribution is 5.17. The van der Waals surface area contributed by atoms with Crippen molar-refractivity contribution in [3.63, 3.8) is 0 Å². The molecule has 0 fully saturated rings. The molecule has 0 saturated carbocycles. The highest BCUT2D eigenvalue weighted by atomic mass is 35.5. The monoisotopic (exact) mass is 518 g/mol. The lowest BCUT2D eigenvalue weighted by Crippen LogP contribution is -3.00. The van der Waals surface area contributed by atoms with E-state index in [1.807, 2.05) is 6.07 Å². The molecule has 4 heteroatoms. The summed E-state index contributed by atoms with van der Waals surface area (Å²) in [7, 11) is 6.67. The van der Waals surface area contributed by atoms with Gasteiger partial charge in [-0.25, -0.2) is 4.57 Å². The molecule has 0 atom stereocenters. The first kappa shape index (κ1) is 35.3. The van der Waals surface area contributed by atoms with E-state index >= 15 is 0 Å². The number of pyridine rings is 1. The van der Waals surface area contributed by atoms with Crippen LogP contribution in [0, 0.1) is 5.92 Å². The lowest BCUT2D eigenvalue weighted by atomic mass is 10.0. The summed E-state index contributed by atoms with van der Waals surface area (Å²) in [6.07, 6.45) is 4.31. The Hall–Kier alpha value is -1.87. The van der Waals surface area contributed by atoms with Crippen molar-refractivity contribution in [1.82, 2.24) is 0 Å². The Kier molecular flexibility index (Phi) is 18.6. The van der Waals surface area contributed by atoms with Crippen molar-refractivity contribution in [1.29, 1.82) is 0 Å². The summed E-state index contributed by atoms with van der Waals surface area (Å²) in [5.74, 6) is 2.08. The predicted molar refractivity (Wildman–Crippen MR) is 145 cm³/mol. The van der Waals surface area contributed by atoms with Gasteiger partial charge in [-0.3, -0.25) is 0 Å². The second-order valence-electron chi connectivity index (χ2n) is 10.9. The molecule has 0 spiro atoms. The number of hydrogen-bond donors (Lipinski definition) is 0. The molecule has 0 unspecified atom stereocenters. The number of aromatic nitrogens is 1. The van der Waals surface area contributed by atoms with Crippen LogP contribution < -0.4 is 29.4 Å². The number of benzene rings is 2. The van der Waals surface area contributed by atoms with Crippen LogP contribution in [-0.2, 0) is 6.54 Å². The predicted octanol–water partition coefficient (Wildman–Crippen LogP) is 1.31. The van der Waals surface area contributed by atoms with Crippen molar-refractivity contribution >= 4 is 0 Å². The maximum Gasteiger partial charge on any atom is 0.173 e. The van der Waals surface area contributed by atoms with Crippen LogP contribution in [0.1, 0.15) is 70.1 Å². The SMILES string of the molecule is CC(C)C[N+](C)(C)C.CC(C)c1cc[n+](Cc2ccccc2)cc1.CC(C)c1ccccc1.[Cl-].[Cl-]. The lowest BCUT2D eigenvalue weighted by molar-refractivity contribution is -0.873. The van der Waals surface area contributed by atoms with Crippen LogP contribution in [0.5, 0.6) is 0 Å². The smallest absolute Gasteiger partial charge is 0.173 e. The van der Waals surface area contributed by atoms with E-state index in [1.165, 1.54) is 23.2 Å². The molecule has 35 heavy (non-hydrogen) atoms. The minimum atomic E-state index is 0. The van der Waals surface area contributed by atoms with Gasteiger partial charge in [0.1, 0.15) is 0 Å². The van der Waals surface area contributed by atoms with E-state index in [4.69, 9.17) is 0 Å². The number of nitrogens with zero attached hydrogens (tertiary/aromatic N) is 2. The molecule has 0 N–H and O–H groups in total. The molecule has 3 rings (SSSR count). The summed E-state index contributed by atoms with van der Waals surface area (Å²) in [5.41, 5.74) is 4.15. The molecule has 2 aromatic carbocycles. The fourth-order valence-corrected chi connectivity index (χ4v) is 3.69. The molecule has 0 amide bonds. The topological polar surface area (TPSA) is 3.88 Å². The number of rotatable bonds is 6. The molecule has 0 aliphatic heterocycles. The quantitative estimate of drug-likeness (QED) is 0.342. The summed E-state index contributed by atoms with van der Waals surface area (Å²) in [4.78, 5) is 0. The fraction of sp³-hybridized carbons (Fsp3) is 0.452. The summed E-state index contributed by atoms with van der Waals surface area (Å²) >= 11 is 0. The second-order valence-corrected chi connectivity index (χ2v) is 10.9. The van der Waals surface area contributed by atoms with E-state index in [2.05, 4.69) is 146 Å². The van der Waals surface area contributed by atoms with Gasteiger partial charge in [-0.2, -0.15) is 0 Å². The third kappa shape index (κ3) is 17.2. The van der Waals surface area contributed by atoms with Gasteiger partial charge in [-0.15, -0.1) is 0 Å². The van der Waals surface area contributed by atoms with Gasteiger partial charge in [0.2, 0.25) is 0 Å². The first-order chi connectivity index (χ1) is 15.5. The first-order valence-corrected chi connectivity index (χ1v) is 12.4. The summed E-state index contributed by atoms with van der Waals surface area (Å²) in [5, 5.41) is 0. The first-order valence-electron chi connectivity index (χ1n) is 12.4. The van der Waals surface area contributed by atoms with Crippen molar-refractivity contribution < 1.29 is 33.9 Å². The molecule has 3 aromatic rings. The molecule has 0 bridgehead atoms. The van der Waals surface area contributed by atoms with Gasteiger partial charge in [0, 0.05) is 23.6 Å². The highest BCUT2D eigenvalue weighted by Crippen LogP contribution is 2.12. The van der Waals surface area contributed by atoms with E-state index in [9.17, 15) is 0 Å². The van der Waals surface area contributed by atoms with E-state index in [0.29, 0.717) is 11.8 Å². The minimum Gasteiger partial charge on any atom is -1.00 e. The van der Waals surface area contributed by atoms with E-state index in [0.717, 1.165) is 16.9 Å². The van der Waals surface area contributed by atoms with Crippen LogP contribution in [0.15, 0.2) is 85.2 Å². The van der Waals surface area contributed by atoms with Crippen molar-refractivity contribution in [2.75, 3.05) is 27.7 Å². The van der Waals surface area contributed by atoms with Crippen LogP contribution in [0.4, 0.5) is 0 Å². The van der Waals surface area contributed by atoms with Crippen LogP contribution in [0.25, 0.3) is 0 Å². The Morgan fingerprint density at radius 3 is 1.31 bits per heavy atom. The molecule has 0 aliphatic rings. The molecular weight excluding hydrogens is 471 g/mol. The Bertz CT molecular complexity index is 869. The van der Waals surface area contributed by atoms with E-state index in [1.54, 1.807) is 0 Å². The Labute approximate surface area is 228 Å². The van der Waals surface area contributed by atoms with Gasteiger partial charge in [0.05, 0.1) is 27.7 Å². The Balaban J connectivity index is 0. The average molecular weight is 520 g/mol.